The van der Waals surface area contributed by atoms with Crippen LogP contribution >= 0.6 is 0 Å². The quantitative estimate of drug-likeness (QED) is 0.823. The fourth-order valence-corrected chi connectivity index (χ4v) is 1.64. The molecule has 0 aliphatic rings. The lowest BCUT2D eigenvalue weighted by Crippen LogP contribution is -2.13. The molecule has 0 atom stereocenters. The third kappa shape index (κ3) is 3.78. The van der Waals surface area contributed by atoms with E-state index in [2.05, 4.69) is 27.4 Å². The van der Waals surface area contributed by atoms with Crippen LogP contribution in [-0.2, 0) is 0 Å². The topological polar surface area (TPSA) is 84.3 Å². The summed E-state index contributed by atoms with van der Waals surface area (Å²) in [7, 11) is 1.51. The first-order valence-electron chi connectivity index (χ1n) is 6.10. The highest BCUT2D eigenvalue weighted by atomic mass is 16.5. The van der Waals surface area contributed by atoms with Crippen LogP contribution < -0.4 is 10.1 Å². The van der Waals surface area contributed by atoms with Crippen molar-refractivity contribution in [2.45, 2.75) is 0 Å². The van der Waals surface area contributed by atoms with Crippen LogP contribution in [0.1, 0.15) is 15.9 Å². The van der Waals surface area contributed by atoms with Crippen molar-refractivity contribution in [3.8, 4) is 17.6 Å². The standard InChI is InChI=1S/C15H13N3O3/c1-21-14-5-4-11(3-2-8-19)9-13(14)18-15(20)12-6-7-16-17-10-12/h4-7,9-10,19H,8H2,1H3,(H,18,20). The highest BCUT2D eigenvalue weighted by Gasteiger charge is 2.10. The lowest BCUT2D eigenvalue weighted by molar-refractivity contribution is 0.102. The number of nitrogens with zero attached hydrogens (tertiary/aromatic N) is 2. The number of methoxy groups -OCH3 is 1. The SMILES string of the molecule is COc1ccc(C#CCO)cc1NC(=O)c1ccnnc1. The second kappa shape index (κ2) is 7.03. The van der Waals surface area contributed by atoms with Crippen molar-refractivity contribution < 1.29 is 14.6 Å². The molecule has 6 nitrogen and oxygen atoms in total. The van der Waals surface area contributed by atoms with Gasteiger partial charge in [-0.25, -0.2) is 0 Å². The van der Waals surface area contributed by atoms with Gasteiger partial charge < -0.3 is 15.2 Å². The van der Waals surface area contributed by atoms with Gasteiger partial charge in [0.05, 0.1) is 30.8 Å². The van der Waals surface area contributed by atoms with E-state index in [4.69, 9.17) is 9.84 Å². The fraction of sp³-hybridized carbons (Fsp3) is 0.133. The first-order valence-corrected chi connectivity index (χ1v) is 6.10. The summed E-state index contributed by atoms with van der Waals surface area (Å²) in [5.74, 6) is 5.51. The molecule has 6 heteroatoms. The predicted molar refractivity (Wildman–Crippen MR) is 76.9 cm³/mol. The average Bonchev–Trinajstić information content (AvgIpc) is 2.54. The van der Waals surface area contributed by atoms with E-state index in [0.717, 1.165) is 0 Å². The summed E-state index contributed by atoms with van der Waals surface area (Å²) in [4.78, 5) is 12.1. The molecule has 1 heterocycles. The molecule has 21 heavy (non-hydrogen) atoms. The molecule has 2 N–H and O–H groups in total. The molecule has 0 bridgehead atoms. The molecule has 2 rings (SSSR count). The predicted octanol–water partition coefficient (Wildman–Crippen LogP) is 1.08. The molecule has 1 aromatic heterocycles. The van der Waals surface area contributed by atoms with Crippen LogP contribution in [0.5, 0.6) is 5.75 Å². The number of rotatable bonds is 3. The molecule has 0 aliphatic carbocycles. The van der Waals surface area contributed by atoms with Crippen molar-refractivity contribution in [1.29, 1.82) is 0 Å². The largest absolute Gasteiger partial charge is 0.495 e. The first-order chi connectivity index (χ1) is 10.2. The Balaban J connectivity index is 2.27. The van der Waals surface area contributed by atoms with Gasteiger partial charge in [-0.05, 0) is 24.3 Å². The van der Waals surface area contributed by atoms with Crippen LogP contribution in [0.4, 0.5) is 5.69 Å². The van der Waals surface area contributed by atoms with E-state index in [9.17, 15) is 4.79 Å². The van der Waals surface area contributed by atoms with Gasteiger partial charge in [-0.1, -0.05) is 11.8 Å². The second-order valence-electron chi connectivity index (χ2n) is 3.96. The van der Waals surface area contributed by atoms with E-state index in [1.165, 1.54) is 19.5 Å². The molecule has 0 radical (unpaired) electrons. The molecule has 1 aromatic carbocycles. The van der Waals surface area contributed by atoms with Crippen LogP contribution in [0.3, 0.4) is 0 Å². The Morgan fingerprint density at radius 2 is 2.24 bits per heavy atom. The van der Waals surface area contributed by atoms with E-state index < -0.39 is 0 Å². The lowest BCUT2D eigenvalue weighted by atomic mass is 10.1. The fourth-order valence-electron chi connectivity index (χ4n) is 1.64. The van der Waals surface area contributed by atoms with E-state index in [0.29, 0.717) is 22.6 Å². The zero-order valence-electron chi connectivity index (χ0n) is 11.3. The van der Waals surface area contributed by atoms with E-state index in [1.54, 1.807) is 24.3 Å². The first kappa shape index (κ1) is 14.5. The van der Waals surface area contributed by atoms with E-state index >= 15 is 0 Å². The number of nitrogens with one attached hydrogen (secondary N) is 1. The maximum atomic E-state index is 12.1. The summed E-state index contributed by atoms with van der Waals surface area (Å²) >= 11 is 0. The zero-order chi connectivity index (χ0) is 15.1. The minimum atomic E-state index is -0.324. The van der Waals surface area contributed by atoms with Crippen molar-refractivity contribution in [3.63, 3.8) is 0 Å². The Morgan fingerprint density at radius 1 is 1.38 bits per heavy atom. The summed E-state index contributed by atoms with van der Waals surface area (Å²) in [5, 5.41) is 18.7. The second-order valence-corrected chi connectivity index (χ2v) is 3.96. The monoisotopic (exact) mass is 283 g/mol. The third-order valence-electron chi connectivity index (χ3n) is 2.61. The van der Waals surface area contributed by atoms with Crippen molar-refractivity contribution >= 4 is 11.6 Å². The van der Waals surface area contributed by atoms with Crippen molar-refractivity contribution in [2.24, 2.45) is 0 Å². The Bertz CT molecular complexity index is 690. The van der Waals surface area contributed by atoms with Crippen molar-refractivity contribution in [1.82, 2.24) is 10.2 Å². The third-order valence-corrected chi connectivity index (χ3v) is 2.61. The normalized spacial score (nSPS) is 9.43. The minimum Gasteiger partial charge on any atom is -0.495 e. The van der Waals surface area contributed by atoms with Gasteiger partial charge in [-0.2, -0.15) is 10.2 Å². The van der Waals surface area contributed by atoms with Gasteiger partial charge in [-0.15, -0.1) is 0 Å². The number of ether oxygens (including phenoxy) is 1. The van der Waals surface area contributed by atoms with Crippen molar-refractivity contribution in [2.75, 3.05) is 19.0 Å². The minimum absolute atomic E-state index is 0.226. The van der Waals surface area contributed by atoms with Crippen LogP contribution in [-0.4, -0.2) is 34.9 Å². The Kier molecular flexibility index (Phi) is 4.85. The molecule has 0 unspecified atom stereocenters. The van der Waals surface area contributed by atoms with Gasteiger partial charge >= 0.3 is 0 Å². The summed E-state index contributed by atoms with van der Waals surface area (Å²) < 4.78 is 5.20. The van der Waals surface area contributed by atoms with Gasteiger partial charge in [0, 0.05) is 5.56 Å². The number of amides is 1. The number of benzene rings is 1. The van der Waals surface area contributed by atoms with Crippen LogP contribution in [0.25, 0.3) is 0 Å². The Hall–Kier alpha value is -2.91. The van der Waals surface area contributed by atoms with Crippen molar-refractivity contribution in [3.05, 3.63) is 47.8 Å². The summed E-state index contributed by atoms with van der Waals surface area (Å²) in [6.07, 6.45) is 2.81. The number of carbonyl (C=O) groups excluding carboxylic acids is 1. The molecule has 0 saturated carbocycles. The van der Waals surface area contributed by atoms with Crippen LogP contribution in [0.2, 0.25) is 0 Å². The van der Waals surface area contributed by atoms with E-state index in [-0.39, 0.29) is 12.5 Å². The molecule has 0 spiro atoms. The molecular weight excluding hydrogens is 270 g/mol. The number of aliphatic hydroxyl groups excluding tert-OH is 1. The van der Waals surface area contributed by atoms with Gasteiger partial charge in [0.15, 0.2) is 0 Å². The van der Waals surface area contributed by atoms with Crippen LogP contribution in [0, 0.1) is 11.8 Å². The Morgan fingerprint density at radius 3 is 2.90 bits per heavy atom. The molecule has 0 saturated heterocycles. The summed E-state index contributed by atoms with van der Waals surface area (Å²) in [6.45, 7) is -0.226. The molecule has 106 valence electrons. The summed E-state index contributed by atoms with van der Waals surface area (Å²) in [5.41, 5.74) is 1.54. The number of carbonyl (C=O) groups is 1. The number of aromatic nitrogens is 2. The maximum Gasteiger partial charge on any atom is 0.257 e. The number of hydrogen-bond donors (Lipinski definition) is 2. The molecule has 0 aliphatic heterocycles. The zero-order valence-corrected chi connectivity index (χ0v) is 11.3. The molecular formula is C15H13N3O3. The molecule has 1 amide bonds. The molecule has 2 aromatic rings. The number of anilines is 1. The molecule has 0 fully saturated rings. The number of aliphatic hydroxyl groups is 1. The van der Waals surface area contributed by atoms with Gasteiger partial charge in [0.2, 0.25) is 0 Å². The number of hydrogen-bond acceptors (Lipinski definition) is 5. The smallest absolute Gasteiger partial charge is 0.257 e. The summed E-state index contributed by atoms with van der Waals surface area (Å²) in [6, 6.07) is 6.67. The van der Waals surface area contributed by atoms with Gasteiger partial charge in [0.1, 0.15) is 12.4 Å². The van der Waals surface area contributed by atoms with Gasteiger partial charge in [0.25, 0.3) is 5.91 Å². The highest BCUT2D eigenvalue weighted by Crippen LogP contribution is 2.25. The highest BCUT2D eigenvalue weighted by molar-refractivity contribution is 6.04. The average molecular weight is 283 g/mol. The van der Waals surface area contributed by atoms with Gasteiger partial charge in [-0.3, -0.25) is 4.79 Å². The maximum absolute atomic E-state index is 12.1. The van der Waals surface area contributed by atoms with Crippen LogP contribution in [0.15, 0.2) is 36.7 Å². The Labute approximate surface area is 121 Å². The van der Waals surface area contributed by atoms with E-state index in [1.807, 2.05) is 0 Å². The lowest BCUT2D eigenvalue weighted by Gasteiger charge is -2.10.